The van der Waals surface area contributed by atoms with Crippen LogP contribution in [0.2, 0.25) is 0 Å². The molecule has 0 atom stereocenters. The van der Waals surface area contributed by atoms with Crippen LogP contribution in [-0.4, -0.2) is 0 Å². The van der Waals surface area contributed by atoms with Crippen molar-refractivity contribution in [2.45, 2.75) is 22.6 Å². The molecule has 0 heterocycles. The third kappa shape index (κ3) is 5.45. The lowest BCUT2D eigenvalue weighted by Gasteiger charge is -2.15. The normalized spacial score (nSPS) is 10.6. The van der Waals surface area contributed by atoms with Gasteiger partial charge in [-0.3, -0.25) is 0 Å². The van der Waals surface area contributed by atoms with Crippen LogP contribution in [0.5, 0.6) is 0 Å². The van der Waals surface area contributed by atoms with E-state index in [0.29, 0.717) is 0 Å². The molecule has 0 N–H and O–H groups in total. The average Bonchev–Trinajstić information content (AvgIpc) is 2.82. The van der Waals surface area contributed by atoms with Gasteiger partial charge >= 0.3 is 0 Å². The van der Waals surface area contributed by atoms with Gasteiger partial charge in [0.05, 0.1) is 0 Å². The first kappa shape index (κ1) is 21.0. The third-order valence-corrected chi connectivity index (χ3v) is 6.57. The first-order valence-corrected chi connectivity index (χ1v) is 11.3. The molecule has 0 radical (unpaired) electrons. The van der Waals surface area contributed by atoms with Gasteiger partial charge in [0, 0.05) is 9.79 Å². The van der Waals surface area contributed by atoms with E-state index in [-0.39, 0.29) is 0 Å². The maximum absolute atomic E-state index is 3.96. The molecule has 4 aromatic rings. The SMILES string of the molecule is C=Cc1ccc(Sc2ccc(C=C)cc2Cc2ccccc2)c(Cc2ccccc2)c1. The molecule has 0 bridgehead atoms. The molecule has 1 heteroatoms. The van der Waals surface area contributed by atoms with E-state index in [1.54, 1.807) is 0 Å². The van der Waals surface area contributed by atoms with Crippen LogP contribution in [-0.2, 0) is 12.8 Å². The zero-order valence-corrected chi connectivity index (χ0v) is 18.4. The second-order valence-corrected chi connectivity index (χ2v) is 8.65. The molecule has 4 rings (SSSR count). The molecular formula is C30H26S. The Morgan fingerprint density at radius 2 is 0.968 bits per heavy atom. The second kappa shape index (κ2) is 10.1. The highest BCUT2D eigenvalue weighted by Crippen LogP contribution is 2.36. The monoisotopic (exact) mass is 418 g/mol. The van der Waals surface area contributed by atoms with E-state index < -0.39 is 0 Å². The zero-order valence-electron chi connectivity index (χ0n) is 17.6. The lowest BCUT2D eigenvalue weighted by molar-refractivity contribution is 1.11. The van der Waals surface area contributed by atoms with Crippen LogP contribution < -0.4 is 0 Å². The van der Waals surface area contributed by atoms with Crippen LogP contribution in [0.15, 0.2) is 120 Å². The van der Waals surface area contributed by atoms with Gasteiger partial charge in [-0.2, -0.15) is 0 Å². The summed E-state index contributed by atoms with van der Waals surface area (Å²) in [6.45, 7) is 7.91. The molecule has 0 aliphatic rings. The van der Waals surface area contributed by atoms with Crippen molar-refractivity contribution in [3.05, 3.63) is 144 Å². The summed E-state index contributed by atoms with van der Waals surface area (Å²) < 4.78 is 0. The van der Waals surface area contributed by atoms with E-state index in [2.05, 4.69) is 110 Å². The molecule has 0 fully saturated rings. The van der Waals surface area contributed by atoms with E-state index in [1.807, 2.05) is 23.9 Å². The average molecular weight is 419 g/mol. The van der Waals surface area contributed by atoms with Gasteiger partial charge in [0.1, 0.15) is 0 Å². The lowest BCUT2D eigenvalue weighted by Crippen LogP contribution is -1.95. The Bertz CT molecular complexity index is 1080. The molecule has 152 valence electrons. The Morgan fingerprint density at radius 3 is 1.35 bits per heavy atom. The predicted molar refractivity (Wildman–Crippen MR) is 136 cm³/mol. The highest BCUT2D eigenvalue weighted by Gasteiger charge is 2.11. The molecule has 0 aliphatic heterocycles. The summed E-state index contributed by atoms with van der Waals surface area (Å²) in [4.78, 5) is 2.57. The van der Waals surface area contributed by atoms with Gasteiger partial charge in [-0.15, -0.1) is 0 Å². The number of benzene rings is 4. The van der Waals surface area contributed by atoms with Gasteiger partial charge < -0.3 is 0 Å². The van der Waals surface area contributed by atoms with E-state index in [1.165, 1.54) is 32.0 Å². The Hall–Kier alpha value is -3.29. The fraction of sp³-hybridized carbons (Fsp3) is 0.0667. The molecule has 0 nitrogen and oxygen atoms in total. The molecule has 0 spiro atoms. The number of hydrogen-bond donors (Lipinski definition) is 0. The van der Waals surface area contributed by atoms with Crippen LogP contribution >= 0.6 is 11.8 Å². The van der Waals surface area contributed by atoms with Gasteiger partial charge in [-0.25, -0.2) is 0 Å². The molecule has 0 saturated heterocycles. The van der Waals surface area contributed by atoms with Crippen molar-refractivity contribution in [2.75, 3.05) is 0 Å². The topological polar surface area (TPSA) is 0 Å². The van der Waals surface area contributed by atoms with E-state index >= 15 is 0 Å². The van der Waals surface area contributed by atoms with Gasteiger partial charge in [-0.1, -0.05) is 122 Å². The highest BCUT2D eigenvalue weighted by atomic mass is 32.2. The van der Waals surface area contributed by atoms with Gasteiger partial charge in [0.25, 0.3) is 0 Å². The standard InChI is InChI=1S/C30H26S/c1-3-23-15-17-29(27(19-23)21-25-11-7-5-8-12-25)31-30-18-16-24(4-2)20-28(30)22-26-13-9-6-10-14-26/h3-20H,1-2,21-22H2. The van der Waals surface area contributed by atoms with Gasteiger partial charge in [-0.05, 0) is 58.4 Å². The maximum Gasteiger partial charge on any atom is 0.0158 e. The molecule has 4 aromatic carbocycles. The Morgan fingerprint density at radius 1 is 0.548 bits per heavy atom. The van der Waals surface area contributed by atoms with Gasteiger partial charge in [0.15, 0.2) is 0 Å². The Kier molecular flexibility index (Phi) is 6.86. The van der Waals surface area contributed by atoms with E-state index in [0.717, 1.165) is 24.0 Å². The molecule has 0 unspecified atom stereocenters. The first-order valence-electron chi connectivity index (χ1n) is 10.5. The van der Waals surface area contributed by atoms with Crippen molar-refractivity contribution >= 4 is 23.9 Å². The minimum atomic E-state index is 0.906. The van der Waals surface area contributed by atoms with Crippen molar-refractivity contribution in [3.8, 4) is 0 Å². The molecule has 0 amide bonds. The van der Waals surface area contributed by atoms with E-state index in [4.69, 9.17) is 0 Å². The summed E-state index contributed by atoms with van der Waals surface area (Å²) >= 11 is 1.85. The summed E-state index contributed by atoms with van der Waals surface area (Å²) in [7, 11) is 0. The minimum absolute atomic E-state index is 0.906. The predicted octanol–water partition coefficient (Wildman–Crippen LogP) is 8.31. The van der Waals surface area contributed by atoms with Crippen LogP contribution in [0.25, 0.3) is 12.2 Å². The summed E-state index contributed by atoms with van der Waals surface area (Å²) in [5.74, 6) is 0. The minimum Gasteiger partial charge on any atom is -0.0985 e. The van der Waals surface area contributed by atoms with E-state index in [9.17, 15) is 0 Å². The fourth-order valence-corrected chi connectivity index (χ4v) is 4.71. The summed E-state index contributed by atoms with van der Waals surface area (Å²) in [6, 6.07) is 34.6. The molecule has 0 aliphatic carbocycles. The molecule has 0 saturated carbocycles. The van der Waals surface area contributed by atoms with Crippen LogP contribution in [0, 0.1) is 0 Å². The maximum atomic E-state index is 3.96. The van der Waals surface area contributed by atoms with Crippen molar-refractivity contribution in [1.29, 1.82) is 0 Å². The van der Waals surface area contributed by atoms with Crippen molar-refractivity contribution in [2.24, 2.45) is 0 Å². The fourth-order valence-electron chi connectivity index (χ4n) is 3.68. The molecular weight excluding hydrogens is 392 g/mol. The summed E-state index contributed by atoms with van der Waals surface area (Å²) in [5, 5.41) is 0. The van der Waals surface area contributed by atoms with Crippen LogP contribution in [0.3, 0.4) is 0 Å². The van der Waals surface area contributed by atoms with Crippen molar-refractivity contribution < 1.29 is 0 Å². The third-order valence-electron chi connectivity index (χ3n) is 5.34. The summed E-state index contributed by atoms with van der Waals surface area (Å²) in [5.41, 5.74) is 7.59. The van der Waals surface area contributed by atoms with Crippen molar-refractivity contribution in [1.82, 2.24) is 0 Å². The molecule has 31 heavy (non-hydrogen) atoms. The van der Waals surface area contributed by atoms with Crippen LogP contribution in [0.4, 0.5) is 0 Å². The number of hydrogen-bond acceptors (Lipinski definition) is 1. The molecule has 0 aromatic heterocycles. The quantitative estimate of drug-likeness (QED) is 0.277. The lowest BCUT2D eigenvalue weighted by atomic mass is 10.0. The van der Waals surface area contributed by atoms with Crippen LogP contribution in [0.1, 0.15) is 33.4 Å². The van der Waals surface area contributed by atoms with Gasteiger partial charge in [0.2, 0.25) is 0 Å². The second-order valence-electron chi connectivity index (χ2n) is 7.57. The summed E-state index contributed by atoms with van der Waals surface area (Å²) in [6.07, 6.45) is 5.65. The largest absolute Gasteiger partial charge is 0.0985 e. The zero-order chi connectivity index (χ0) is 21.5. The Balaban J connectivity index is 1.70. The first-order chi connectivity index (χ1) is 15.2. The smallest absolute Gasteiger partial charge is 0.0158 e. The highest BCUT2D eigenvalue weighted by molar-refractivity contribution is 7.99. The van der Waals surface area contributed by atoms with Crippen molar-refractivity contribution in [3.63, 3.8) is 0 Å². The number of rotatable bonds is 8. The Labute approximate surface area is 190 Å².